The van der Waals surface area contributed by atoms with Gasteiger partial charge in [-0.1, -0.05) is 19.2 Å². The number of ether oxygens (including phenoxy) is 2. The van der Waals surface area contributed by atoms with Crippen LogP contribution in [0.25, 0.3) is 0 Å². The molecule has 0 radical (unpaired) electrons. The molecule has 216 valence electrons. The standard InChI is InChI=1S/C32H44N4O4/c1-25(39-4)21-28-22-29(11-12-31(28)30(9-8-19-37)26(2)33-3)40-20-7-5-6-14-35-15-17-36(18-16-35)32-13-10-27(24-38)23-34-32/h10-13,19,22-24,30,33H,1-2,5-9,14-18,20-21H2,3-4H3. The van der Waals surface area contributed by atoms with Crippen LogP contribution >= 0.6 is 0 Å². The summed E-state index contributed by atoms with van der Waals surface area (Å²) in [6.07, 6.45) is 8.39. The van der Waals surface area contributed by atoms with Gasteiger partial charge in [-0.15, -0.1) is 0 Å². The third kappa shape index (κ3) is 9.23. The molecular formula is C32H44N4O4. The van der Waals surface area contributed by atoms with Gasteiger partial charge in [-0.25, -0.2) is 4.98 Å². The number of methoxy groups -OCH3 is 1. The number of unbranched alkanes of at least 4 members (excludes halogenated alkanes) is 2. The maximum atomic E-state index is 11.1. The lowest BCUT2D eigenvalue weighted by Crippen LogP contribution is -2.46. The molecule has 1 aromatic heterocycles. The first-order valence-corrected chi connectivity index (χ1v) is 14.1. The zero-order chi connectivity index (χ0) is 28.7. The predicted octanol–water partition coefficient (Wildman–Crippen LogP) is 4.76. The number of allylic oxidation sites excluding steroid dienone is 2. The third-order valence-corrected chi connectivity index (χ3v) is 7.47. The second-order valence-electron chi connectivity index (χ2n) is 10.2. The number of aromatic nitrogens is 1. The highest BCUT2D eigenvalue weighted by atomic mass is 16.5. The van der Waals surface area contributed by atoms with Gasteiger partial charge in [0.05, 0.1) is 19.5 Å². The van der Waals surface area contributed by atoms with Crippen molar-refractivity contribution in [3.8, 4) is 5.75 Å². The van der Waals surface area contributed by atoms with Crippen molar-refractivity contribution in [2.45, 2.75) is 44.4 Å². The number of anilines is 1. The molecule has 0 bridgehead atoms. The molecule has 0 spiro atoms. The SMILES string of the molecule is C=C(Cc1cc(OCCCCCN2CCN(c3ccc(C=O)cn3)CC2)ccc1C(CCC=O)C(=C)NC)OC. The molecule has 2 heterocycles. The number of pyridine rings is 1. The monoisotopic (exact) mass is 548 g/mol. The fourth-order valence-corrected chi connectivity index (χ4v) is 5.04. The fourth-order valence-electron chi connectivity index (χ4n) is 5.04. The van der Waals surface area contributed by atoms with Crippen LogP contribution in [0, 0.1) is 0 Å². The lowest BCUT2D eigenvalue weighted by Gasteiger charge is -2.35. The molecular weight excluding hydrogens is 504 g/mol. The van der Waals surface area contributed by atoms with E-state index in [2.05, 4.69) is 45.4 Å². The van der Waals surface area contributed by atoms with Crippen LogP contribution in [0.1, 0.15) is 59.5 Å². The number of hydrogen-bond donors (Lipinski definition) is 1. The van der Waals surface area contributed by atoms with E-state index < -0.39 is 0 Å². The Balaban J connectivity index is 1.44. The van der Waals surface area contributed by atoms with Gasteiger partial charge in [-0.05, 0) is 67.6 Å². The zero-order valence-electron chi connectivity index (χ0n) is 24.1. The molecule has 1 unspecified atom stereocenters. The van der Waals surface area contributed by atoms with Gasteiger partial charge in [0.15, 0.2) is 6.29 Å². The number of nitrogens with zero attached hydrogens (tertiary/aromatic N) is 3. The Bertz CT molecular complexity index is 1110. The molecule has 1 aromatic carbocycles. The van der Waals surface area contributed by atoms with Gasteiger partial charge in [-0.2, -0.15) is 0 Å². The number of likely N-dealkylation sites (N-methyl/N-ethyl adjacent to an activating group) is 1. The maximum absolute atomic E-state index is 11.1. The quantitative estimate of drug-likeness (QED) is 0.162. The van der Waals surface area contributed by atoms with Crippen LogP contribution in [-0.4, -0.2) is 75.9 Å². The highest BCUT2D eigenvalue weighted by Crippen LogP contribution is 2.33. The fraction of sp³-hybridized carbons (Fsp3) is 0.469. The van der Waals surface area contributed by atoms with Crippen molar-refractivity contribution in [3.05, 3.63) is 77.8 Å². The molecule has 0 saturated carbocycles. The van der Waals surface area contributed by atoms with E-state index in [0.29, 0.717) is 37.2 Å². The minimum Gasteiger partial charge on any atom is -0.501 e. The molecule has 1 atom stereocenters. The minimum absolute atomic E-state index is 0.0186. The van der Waals surface area contributed by atoms with Crippen LogP contribution in [0.2, 0.25) is 0 Å². The topological polar surface area (TPSA) is 84.0 Å². The van der Waals surface area contributed by atoms with E-state index in [0.717, 1.165) is 92.9 Å². The van der Waals surface area contributed by atoms with E-state index in [1.807, 2.05) is 25.2 Å². The van der Waals surface area contributed by atoms with Gasteiger partial charge in [0, 0.05) is 69.4 Å². The van der Waals surface area contributed by atoms with Crippen molar-refractivity contribution in [2.75, 3.05) is 58.4 Å². The average Bonchev–Trinajstić information content (AvgIpc) is 2.99. The molecule has 1 aliphatic rings. The summed E-state index contributed by atoms with van der Waals surface area (Å²) in [6, 6.07) is 9.90. The second-order valence-corrected chi connectivity index (χ2v) is 10.2. The Morgan fingerprint density at radius 1 is 1.10 bits per heavy atom. The highest BCUT2D eigenvalue weighted by Gasteiger charge is 2.20. The van der Waals surface area contributed by atoms with E-state index in [9.17, 15) is 9.59 Å². The van der Waals surface area contributed by atoms with E-state index >= 15 is 0 Å². The number of hydrogen-bond acceptors (Lipinski definition) is 8. The van der Waals surface area contributed by atoms with E-state index in [-0.39, 0.29) is 5.92 Å². The minimum atomic E-state index is 0.0186. The molecule has 1 fully saturated rings. The molecule has 8 heteroatoms. The number of rotatable bonds is 18. The number of nitrogens with one attached hydrogen (secondary N) is 1. The van der Waals surface area contributed by atoms with Crippen molar-refractivity contribution in [2.24, 2.45) is 0 Å². The molecule has 1 saturated heterocycles. The lowest BCUT2D eigenvalue weighted by molar-refractivity contribution is -0.108. The largest absolute Gasteiger partial charge is 0.501 e. The van der Waals surface area contributed by atoms with Gasteiger partial charge in [0.25, 0.3) is 0 Å². The van der Waals surface area contributed by atoms with E-state index in [4.69, 9.17) is 9.47 Å². The number of piperazine rings is 1. The molecule has 2 aromatic rings. The highest BCUT2D eigenvalue weighted by molar-refractivity contribution is 5.74. The second kappa shape index (κ2) is 16.5. The normalized spacial score (nSPS) is 14.3. The van der Waals surface area contributed by atoms with Crippen molar-refractivity contribution in [1.82, 2.24) is 15.2 Å². The Kier molecular flexibility index (Phi) is 12.7. The van der Waals surface area contributed by atoms with Crippen LogP contribution in [0.15, 0.2) is 61.1 Å². The van der Waals surface area contributed by atoms with Crippen LogP contribution < -0.4 is 15.0 Å². The van der Waals surface area contributed by atoms with Crippen molar-refractivity contribution < 1.29 is 19.1 Å². The number of carbonyl (C=O) groups excluding carboxylic acids is 2. The molecule has 1 N–H and O–H groups in total. The van der Waals surface area contributed by atoms with Crippen LogP contribution in [0.5, 0.6) is 5.75 Å². The first-order chi connectivity index (χ1) is 19.5. The molecule has 3 rings (SSSR count). The van der Waals surface area contributed by atoms with Gasteiger partial charge < -0.3 is 24.5 Å². The van der Waals surface area contributed by atoms with E-state index in [1.165, 1.54) is 0 Å². The van der Waals surface area contributed by atoms with Crippen molar-refractivity contribution in [3.63, 3.8) is 0 Å². The molecule has 0 aliphatic carbocycles. The Labute approximate surface area is 239 Å². The Morgan fingerprint density at radius 2 is 1.90 bits per heavy atom. The average molecular weight is 549 g/mol. The smallest absolute Gasteiger partial charge is 0.151 e. The first-order valence-electron chi connectivity index (χ1n) is 14.1. The lowest BCUT2D eigenvalue weighted by atomic mass is 9.87. The summed E-state index contributed by atoms with van der Waals surface area (Å²) in [5.41, 5.74) is 3.67. The van der Waals surface area contributed by atoms with Gasteiger partial charge >= 0.3 is 0 Å². The number of aldehydes is 2. The molecule has 40 heavy (non-hydrogen) atoms. The summed E-state index contributed by atoms with van der Waals surface area (Å²) in [4.78, 5) is 31.1. The first kappa shape index (κ1) is 30.9. The maximum Gasteiger partial charge on any atom is 0.151 e. The Morgan fingerprint density at radius 3 is 2.55 bits per heavy atom. The van der Waals surface area contributed by atoms with Gasteiger partial charge in [0.2, 0.25) is 0 Å². The summed E-state index contributed by atoms with van der Waals surface area (Å²) >= 11 is 0. The van der Waals surface area contributed by atoms with Crippen LogP contribution in [0.3, 0.4) is 0 Å². The van der Waals surface area contributed by atoms with Crippen molar-refractivity contribution in [1.29, 1.82) is 0 Å². The summed E-state index contributed by atoms with van der Waals surface area (Å²) in [5.74, 6) is 2.46. The summed E-state index contributed by atoms with van der Waals surface area (Å²) < 4.78 is 11.5. The third-order valence-electron chi connectivity index (χ3n) is 7.47. The Hall–Kier alpha value is -3.65. The summed E-state index contributed by atoms with van der Waals surface area (Å²) in [6.45, 7) is 13.9. The van der Waals surface area contributed by atoms with Crippen LogP contribution in [0.4, 0.5) is 5.82 Å². The predicted molar refractivity (Wildman–Crippen MR) is 160 cm³/mol. The van der Waals surface area contributed by atoms with Crippen LogP contribution in [-0.2, 0) is 16.0 Å². The van der Waals surface area contributed by atoms with E-state index in [1.54, 1.807) is 13.3 Å². The number of carbonyl (C=O) groups is 2. The van der Waals surface area contributed by atoms with Gasteiger partial charge in [0.1, 0.15) is 17.9 Å². The molecule has 8 nitrogen and oxygen atoms in total. The molecule has 0 amide bonds. The summed E-state index contributed by atoms with van der Waals surface area (Å²) in [5, 5.41) is 3.16. The zero-order valence-corrected chi connectivity index (χ0v) is 24.1. The van der Waals surface area contributed by atoms with Gasteiger partial charge in [-0.3, -0.25) is 9.69 Å². The summed E-state index contributed by atoms with van der Waals surface area (Å²) in [7, 11) is 3.49. The van der Waals surface area contributed by atoms with Crippen molar-refractivity contribution >= 4 is 18.4 Å². The molecule has 1 aliphatic heterocycles. The number of benzene rings is 1.